The standard InChI is InChI=1S/C31H42O3/c1-33-28-17-9-15-25(19-28)30(23-11-5-3-6-12-23)21-27(32)22-31(24-13-7-4-8-14-24)26-16-10-18-29(20-26)34-2/h9-10,15-20,23-24,30-31H,3-8,11-14,21-22H2,1-2H3/t30-,31-/m0/s1. The Balaban J connectivity index is 1.55. The van der Waals surface area contributed by atoms with E-state index in [1.54, 1.807) is 14.2 Å². The van der Waals surface area contributed by atoms with Crippen molar-refractivity contribution in [3.63, 3.8) is 0 Å². The normalized spacial score (nSPS) is 19.4. The fourth-order valence-electron chi connectivity index (χ4n) is 6.50. The summed E-state index contributed by atoms with van der Waals surface area (Å²) in [5, 5.41) is 0. The molecule has 0 heterocycles. The fraction of sp³-hybridized carbons (Fsp3) is 0.581. The molecule has 2 aliphatic carbocycles. The van der Waals surface area contributed by atoms with E-state index >= 15 is 0 Å². The predicted molar refractivity (Wildman–Crippen MR) is 139 cm³/mol. The van der Waals surface area contributed by atoms with Crippen LogP contribution < -0.4 is 9.47 Å². The molecule has 184 valence electrons. The summed E-state index contributed by atoms with van der Waals surface area (Å²) in [6, 6.07) is 16.9. The molecule has 2 aromatic rings. The van der Waals surface area contributed by atoms with Crippen LogP contribution in [-0.4, -0.2) is 20.0 Å². The minimum atomic E-state index is 0.292. The Hall–Kier alpha value is -2.29. The van der Waals surface area contributed by atoms with E-state index in [-0.39, 0.29) is 0 Å². The topological polar surface area (TPSA) is 35.5 Å². The number of benzene rings is 2. The van der Waals surface area contributed by atoms with Gasteiger partial charge in [-0.25, -0.2) is 0 Å². The van der Waals surface area contributed by atoms with Gasteiger partial charge in [0.15, 0.2) is 0 Å². The summed E-state index contributed by atoms with van der Waals surface area (Å²) in [7, 11) is 3.45. The molecule has 0 saturated heterocycles. The van der Waals surface area contributed by atoms with Gasteiger partial charge in [-0.05, 0) is 84.7 Å². The molecule has 0 amide bonds. The van der Waals surface area contributed by atoms with Gasteiger partial charge in [0.25, 0.3) is 0 Å². The van der Waals surface area contributed by atoms with E-state index in [1.165, 1.54) is 75.3 Å². The highest BCUT2D eigenvalue weighted by Gasteiger charge is 2.31. The van der Waals surface area contributed by atoms with Crippen LogP contribution in [0.2, 0.25) is 0 Å². The summed E-state index contributed by atoms with van der Waals surface area (Å²) in [5.74, 6) is 3.96. The molecular weight excluding hydrogens is 420 g/mol. The number of hydrogen-bond acceptors (Lipinski definition) is 3. The summed E-state index contributed by atoms with van der Waals surface area (Å²) in [6.07, 6.45) is 14.0. The van der Waals surface area contributed by atoms with Crippen LogP contribution in [0.3, 0.4) is 0 Å². The third kappa shape index (κ3) is 6.43. The van der Waals surface area contributed by atoms with Crippen LogP contribution in [-0.2, 0) is 4.79 Å². The van der Waals surface area contributed by atoms with E-state index in [9.17, 15) is 4.79 Å². The first-order valence-electron chi connectivity index (χ1n) is 13.5. The molecule has 2 aliphatic rings. The lowest BCUT2D eigenvalue weighted by molar-refractivity contribution is -0.120. The van der Waals surface area contributed by atoms with Gasteiger partial charge in [0.2, 0.25) is 0 Å². The average Bonchev–Trinajstić information content (AvgIpc) is 2.91. The number of ether oxygens (including phenoxy) is 2. The predicted octanol–water partition coefficient (Wildman–Crippen LogP) is 8.08. The molecule has 0 spiro atoms. The molecular formula is C31H42O3. The Morgan fingerprint density at radius 3 is 1.50 bits per heavy atom. The van der Waals surface area contributed by atoms with Gasteiger partial charge in [-0.3, -0.25) is 4.79 Å². The van der Waals surface area contributed by atoms with Crippen molar-refractivity contribution in [3.8, 4) is 11.5 Å². The number of carbonyl (C=O) groups excluding carboxylic acids is 1. The molecule has 4 rings (SSSR count). The van der Waals surface area contributed by atoms with Crippen molar-refractivity contribution in [2.24, 2.45) is 11.8 Å². The second-order valence-electron chi connectivity index (χ2n) is 10.5. The maximum Gasteiger partial charge on any atom is 0.134 e. The quantitative estimate of drug-likeness (QED) is 0.358. The highest BCUT2D eigenvalue weighted by atomic mass is 16.5. The fourth-order valence-corrected chi connectivity index (χ4v) is 6.50. The largest absolute Gasteiger partial charge is 0.497 e. The highest BCUT2D eigenvalue weighted by Crippen LogP contribution is 2.42. The molecule has 2 aromatic carbocycles. The minimum absolute atomic E-state index is 0.292. The second kappa shape index (κ2) is 12.4. The van der Waals surface area contributed by atoms with E-state index in [0.717, 1.165) is 11.5 Å². The molecule has 0 aliphatic heterocycles. The minimum Gasteiger partial charge on any atom is -0.497 e. The van der Waals surface area contributed by atoms with E-state index < -0.39 is 0 Å². The Morgan fingerprint density at radius 2 is 1.12 bits per heavy atom. The zero-order valence-corrected chi connectivity index (χ0v) is 21.1. The van der Waals surface area contributed by atoms with Gasteiger partial charge in [-0.1, -0.05) is 62.8 Å². The van der Waals surface area contributed by atoms with Crippen LogP contribution in [0.4, 0.5) is 0 Å². The Labute approximate surface area is 206 Å². The van der Waals surface area contributed by atoms with Gasteiger partial charge >= 0.3 is 0 Å². The van der Waals surface area contributed by atoms with E-state index in [2.05, 4.69) is 36.4 Å². The van der Waals surface area contributed by atoms with Crippen molar-refractivity contribution in [1.82, 2.24) is 0 Å². The average molecular weight is 463 g/mol. The number of Topliss-reactive ketones (excluding diaryl/α,β-unsaturated/α-hetero) is 1. The van der Waals surface area contributed by atoms with Crippen LogP contribution in [0.5, 0.6) is 11.5 Å². The Morgan fingerprint density at radius 1 is 0.706 bits per heavy atom. The summed E-state index contributed by atoms with van der Waals surface area (Å²) in [4.78, 5) is 13.7. The maximum atomic E-state index is 13.7. The number of rotatable bonds is 10. The summed E-state index contributed by atoms with van der Waals surface area (Å²) in [6.45, 7) is 0. The van der Waals surface area contributed by atoms with Crippen LogP contribution in [0.15, 0.2) is 48.5 Å². The molecule has 3 nitrogen and oxygen atoms in total. The number of carbonyl (C=O) groups is 1. The molecule has 0 bridgehead atoms. The van der Waals surface area contributed by atoms with Crippen LogP contribution >= 0.6 is 0 Å². The van der Waals surface area contributed by atoms with Crippen molar-refractivity contribution < 1.29 is 14.3 Å². The van der Waals surface area contributed by atoms with Crippen molar-refractivity contribution in [1.29, 1.82) is 0 Å². The third-order valence-corrected chi connectivity index (χ3v) is 8.38. The van der Waals surface area contributed by atoms with Crippen LogP contribution in [0.1, 0.15) is 100 Å². The van der Waals surface area contributed by atoms with Crippen molar-refractivity contribution >= 4 is 5.78 Å². The van der Waals surface area contributed by atoms with Gasteiger partial charge in [0.05, 0.1) is 14.2 Å². The lowest BCUT2D eigenvalue weighted by atomic mass is 9.71. The molecule has 2 fully saturated rings. The van der Waals surface area contributed by atoms with Crippen molar-refractivity contribution in [3.05, 3.63) is 59.7 Å². The number of ketones is 1. The van der Waals surface area contributed by atoms with Gasteiger partial charge in [0, 0.05) is 12.8 Å². The molecule has 34 heavy (non-hydrogen) atoms. The molecule has 0 radical (unpaired) electrons. The third-order valence-electron chi connectivity index (χ3n) is 8.38. The lowest BCUT2D eigenvalue weighted by Gasteiger charge is -2.33. The van der Waals surface area contributed by atoms with Gasteiger partial charge in [0.1, 0.15) is 17.3 Å². The summed E-state index contributed by atoms with van der Waals surface area (Å²) >= 11 is 0. The first kappa shape index (κ1) is 24.8. The first-order chi connectivity index (χ1) is 16.7. The SMILES string of the molecule is COc1cccc([C@@H](CC(=O)C[C@H](c2cccc(OC)c2)C2CCCCC2)C2CCCCC2)c1. The van der Waals surface area contributed by atoms with Gasteiger partial charge in [-0.15, -0.1) is 0 Å². The smallest absolute Gasteiger partial charge is 0.134 e. The van der Waals surface area contributed by atoms with Crippen LogP contribution in [0, 0.1) is 11.8 Å². The molecule has 2 atom stereocenters. The highest BCUT2D eigenvalue weighted by molar-refractivity contribution is 5.80. The van der Waals surface area contributed by atoms with E-state index in [0.29, 0.717) is 42.3 Å². The number of methoxy groups -OCH3 is 2. The molecule has 2 saturated carbocycles. The summed E-state index contributed by atoms with van der Waals surface area (Å²) in [5.41, 5.74) is 2.55. The van der Waals surface area contributed by atoms with E-state index in [4.69, 9.17) is 9.47 Å². The Kier molecular flexibility index (Phi) is 9.07. The van der Waals surface area contributed by atoms with Crippen molar-refractivity contribution in [2.75, 3.05) is 14.2 Å². The zero-order chi connectivity index (χ0) is 23.8. The second-order valence-corrected chi connectivity index (χ2v) is 10.5. The number of hydrogen-bond donors (Lipinski definition) is 0. The van der Waals surface area contributed by atoms with E-state index in [1.807, 2.05) is 12.1 Å². The summed E-state index contributed by atoms with van der Waals surface area (Å²) < 4.78 is 11.0. The van der Waals surface area contributed by atoms with Crippen molar-refractivity contribution in [2.45, 2.75) is 88.9 Å². The maximum absolute atomic E-state index is 13.7. The molecule has 3 heteroatoms. The van der Waals surface area contributed by atoms with Gasteiger partial charge < -0.3 is 9.47 Å². The Bertz CT molecular complexity index is 835. The zero-order valence-electron chi connectivity index (χ0n) is 21.1. The molecule has 0 unspecified atom stereocenters. The molecule has 0 N–H and O–H groups in total. The monoisotopic (exact) mass is 462 g/mol. The first-order valence-corrected chi connectivity index (χ1v) is 13.5. The lowest BCUT2D eigenvalue weighted by Crippen LogP contribution is -2.23. The van der Waals surface area contributed by atoms with Crippen LogP contribution in [0.25, 0.3) is 0 Å². The van der Waals surface area contributed by atoms with Gasteiger partial charge in [-0.2, -0.15) is 0 Å². The molecule has 0 aromatic heterocycles.